The van der Waals surface area contributed by atoms with Crippen LogP contribution in [0.1, 0.15) is 45.4 Å². The van der Waals surface area contributed by atoms with E-state index in [0.29, 0.717) is 32.5 Å². The molecular formula is C14H23NO4. The lowest BCUT2D eigenvalue weighted by molar-refractivity contribution is -0.153. The van der Waals surface area contributed by atoms with Gasteiger partial charge in [0.1, 0.15) is 5.54 Å². The maximum Gasteiger partial charge on any atom is 0.329 e. The molecule has 0 radical (unpaired) electrons. The number of ether oxygens (including phenoxy) is 1. The minimum absolute atomic E-state index is 0.0115. The number of aliphatic carboxylic acids is 1. The fourth-order valence-corrected chi connectivity index (χ4v) is 3.19. The molecule has 0 aromatic carbocycles. The molecule has 5 nitrogen and oxygen atoms in total. The van der Waals surface area contributed by atoms with Gasteiger partial charge in [-0.1, -0.05) is 19.8 Å². The topological polar surface area (TPSA) is 75.6 Å². The van der Waals surface area contributed by atoms with E-state index >= 15 is 0 Å². The zero-order valence-electron chi connectivity index (χ0n) is 11.5. The summed E-state index contributed by atoms with van der Waals surface area (Å²) in [5.74, 6) is -1.11. The number of carbonyl (C=O) groups is 2. The first-order valence-electron chi connectivity index (χ1n) is 7.19. The Labute approximate surface area is 113 Å². The van der Waals surface area contributed by atoms with Crippen molar-refractivity contribution in [2.45, 2.75) is 51.0 Å². The Hall–Kier alpha value is -1.10. The van der Waals surface area contributed by atoms with Crippen molar-refractivity contribution < 1.29 is 19.4 Å². The maximum absolute atomic E-state index is 12.3. The zero-order chi connectivity index (χ0) is 13.9. The summed E-state index contributed by atoms with van der Waals surface area (Å²) in [6, 6.07) is 0. The van der Waals surface area contributed by atoms with Crippen LogP contribution in [-0.4, -0.2) is 35.7 Å². The Morgan fingerprint density at radius 2 is 1.89 bits per heavy atom. The van der Waals surface area contributed by atoms with Crippen molar-refractivity contribution in [3.8, 4) is 0 Å². The highest BCUT2D eigenvalue weighted by Crippen LogP contribution is 2.34. The van der Waals surface area contributed by atoms with Gasteiger partial charge >= 0.3 is 5.97 Å². The second-order valence-electron chi connectivity index (χ2n) is 5.80. The molecule has 2 fully saturated rings. The molecule has 0 spiro atoms. The molecule has 1 aliphatic heterocycles. The van der Waals surface area contributed by atoms with E-state index in [4.69, 9.17) is 4.74 Å². The van der Waals surface area contributed by atoms with Crippen molar-refractivity contribution in [2.24, 2.45) is 11.8 Å². The molecule has 0 bridgehead atoms. The lowest BCUT2D eigenvalue weighted by Gasteiger charge is -2.40. The number of hydrogen-bond acceptors (Lipinski definition) is 3. The van der Waals surface area contributed by atoms with E-state index < -0.39 is 11.5 Å². The number of amides is 1. The van der Waals surface area contributed by atoms with Crippen LogP contribution in [0, 0.1) is 11.8 Å². The third-order valence-electron chi connectivity index (χ3n) is 4.62. The van der Waals surface area contributed by atoms with Crippen LogP contribution in [0.3, 0.4) is 0 Å². The third-order valence-corrected chi connectivity index (χ3v) is 4.62. The summed E-state index contributed by atoms with van der Waals surface area (Å²) < 4.78 is 5.24. The molecule has 1 heterocycles. The fourth-order valence-electron chi connectivity index (χ4n) is 3.19. The Kier molecular flexibility index (Phi) is 4.45. The van der Waals surface area contributed by atoms with Crippen molar-refractivity contribution in [1.29, 1.82) is 0 Å². The molecule has 2 aliphatic rings. The van der Waals surface area contributed by atoms with E-state index in [1.54, 1.807) is 0 Å². The van der Waals surface area contributed by atoms with E-state index in [0.717, 1.165) is 19.3 Å². The molecule has 2 rings (SSSR count). The molecular weight excluding hydrogens is 246 g/mol. The van der Waals surface area contributed by atoms with Crippen molar-refractivity contribution in [2.75, 3.05) is 13.2 Å². The van der Waals surface area contributed by atoms with Gasteiger partial charge < -0.3 is 15.2 Å². The normalized spacial score (nSPS) is 32.8. The first-order chi connectivity index (χ1) is 9.06. The summed E-state index contributed by atoms with van der Waals surface area (Å²) in [7, 11) is 0. The summed E-state index contributed by atoms with van der Waals surface area (Å²) in [4.78, 5) is 24.0. The minimum atomic E-state index is -1.06. The quantitative estimate of drug-likeness (QED) is 0.815. The average molecular weight is 269 g/mol. The molecule has 108 valence electrons. The highest BCUT2D eigenvalue weighted by Gasteiger charge is 2.47. The van der Waals surface area contributed by atoms with E-state index in [9.17, 15) is 14.7 Å². The molecule has 1 saturated carbocycles. The number of rotatable bonds is 3. The van der Waals surface area contributed by atoms with E-state index in [2.05, 4.69) is 5.32 Å². The number of carboxylic acids is 1. The van der Waals surface area contributed by atoms with Gasteiger partial charge in [-0.3, -0.25) is 4.79 Å². The summed E-state index contributed by atoms with van der Waals surface area (Å²) in [5, 5.41) is 12.4. The van der Waals surface area contributed by atoms with Crippen LogP contribution in [0.4, 0.5) is 0 Å². The van der Waals surface area contributed by atoms with Gasteiger partial charge in [-0.15, -0.1) is 0 Å². The largest absolute Gasteiger partial charge is 0.479 e. The van der Waals surface area contributed by atoms with Crippen LogP contribution in [0.5, 0.6) is 0 Å². The molecule has 2 atom stereocenters. The molecule has 1 saturated heterocycles. The van der Waals surface area contributed by atoms with Crippen LogP contribution in [0.2, 0.25) is 0 Å². The van der Waals surface area contributed by atoms with Gasteiger partial charge in [0.25, 0.3) is 0 Å². The summed E-state index contributed by atoms with van der Waals surface area (Å²) in [6.07, 6.45) is 4.69. The van der Waals surface area contributed by atoms with Gasteiger partial charge in [-0.2, -0.15) is 0 Å². The van der Waals surface area contributed by atoms with Gasteiger partial charge in [0, 0.05) is 19.1 Å². The third kappa shape index (κ3) is 2.91. The molecule has 1 amide bonds. The lowest BCUT2D eigenvalue weighted by atomic mass is 9.73. The van der Waals surface area contributed by atoms with Crippen molar-refractivity contribution in [3.05, 3.63) is 0 Å². The molecule has 5 heteroatoms. The molecule has 0 aromatic heterocycles. The Balaban J connectivity index is 2.07. The van der Waals surface area contributed by atoms with Crippen molar-refractivity contribution >= 4 is 11.9 Å². The van der Waals surface area contributed by atoms with Crippen molar-refractivity contribution in [1.82, 2.24) is 5.32 Å². The number of hydrogen-bond donors (Lipinski definition) is 2. The molecule has 2 N–H and O–H groups in total. The van der Waals surface area contributed by atoms with E-state index in [1.807, 2.05) is 6.92 Å². The summed E-state index contributed by atoms with van der Waals surface area (Å²) in [6.45, 7) is 3.11. The van der Waals surface area contributed by atoms with Crippen LogP contribution in [0.15, 0.2) is 0 Å². The monoisotopic (exact) mass is 269 g/mol. The standard InChI is InChI=1S/C14H23NO4/c1-10-4-2-3-7-14(10,13(17)18)15-12(16)11-5-8-19-9-6-11/h10-11H,2-9H2,1H3,(H,15,16)(H,17,18). The molecule has 2 unspecified atom stereocenters. The smallest absolute Gasteiger partial charge is 0.329 e. The average Bonchev–Trinajstić information content (AvgIpc) is 2.42. The fraction of sp³-hybridized carbons (Fsp3) is 0.857. The SMILES string of the molecule is CC1CCCCC1(NC(=O)C1CCOCC1)C(=O)O. The number of carboxylic acid groups (broad SMARTS) is 1. The van der Waals surface area contributed by atoms with Crippen LogP contribution in [-0.2, 0) is 14.3 Å². The highest BCUT2D eigenvalue weighted by molar-refractivity contribution is 5.88. The second kappa shape index (κ2) is 5.90. The van der Waals surface area contributed by atoms with E-state index in [-0.39, 0.29) is 17.7 Å². The first kappa shape index (κ1) is 14.3. The van der Waals surface area contributed by atoms with Gasteiger partial charge in [0.15, 0.2) is 0 Å². The molecule has 19 heavy (non-hydrogen) atoms. The second-order valence-corrected chi connectivity index (χ2v) is 5.80. The highest BCUT2D eigenvalue weighted by atomic mass is 16.5. The summed E-state index contributed by atoms with van der Waals surface area (Å²) in [5.41, 5.74) is -1.06. The van der Waals surface area contributed by atoms with Gasteiger partial charge in [0.05, 0.1) is 0 Å². The van der Waals surface area contributed by atoms with Gasteiger partial charge in [0.2, 0.25) is 5.91 Å². The summed E-state index contributed by atoms with van der Waals surface area (Å²) >= 11 is 0. The maximum atomic E-state index is 12.3. The Morgan fingerprint density at radius 1 is 1.21 bits per heavy atom. The first-order valence-corrected chi connectivity index (χ1v) is 7.19. The van der Waals surface area contributed by atoms with Crippen LogP contribution >= 0.6 is 0 Å². The predicted octanol–water partition coefficient (Wildman–Crippen LogP) is 1.56. The predicted molar refractivity (Wildman–Crippen MR) is 69.7 cm³/mol. The van der Waals surface area contributed by atoms with Crippen LogP contribution < -0.4 is 5.32 Å². The van der Waals surface area contributed by atoms with Crippen molar-refractivity contribution in [3.63, 3.8) is 0 Å². The minimum Gasteiger partial charge on any atom is -0.479 e. The Bertz CT molecular complexity index is 351. The number of carbonyl (C=O) groups excluding carboxylic acids is 1. The van der Waals surface area contributed by atoms with Gasteiger partial charge in [-0.25, -0.2) is 4.79 Å². The lowest BCUT2D eigenvalue weighted by Crippen LogP contribution is -2.61. The van der Waals surface area contributed by atoms with Gasteiger partial charge in [-0.05, 0) is 31.6 Å². The number of nitrogens with one attached hydrogen (secondary N) is 1. The van der Waals surface area contributed by atoms with Crippen LogP contribution in [0.25, 0.3) is 0 Å². The van der Waals surface area contributed by atoms with E-state index in [1.165, 1.54) is 0 Å². The Morgan fingerprint density at radius 3 is 2.47 bits per heavy atom. The zero-order valence-corrected chi connectivity index (χ0v) is 11.5. The molecule has 0 aromatic rings. The molecule has 1 aliphatic carbocycles.